The van der Waals surface area contributed by atoms with Crippen molar-refractivity contribution < 1.29 is 9.90 Å². The molecule has 2 aromatic rings. The number of unbranched alkanes of at least 4 members (excludes halogenated alkanes) is 1. The van der Waals surface area contributed by atoms with Crippen molar-refractivity contribution in [2.24, 2.45) is 0 Å². The summed E-state index contributed by atoms with van der Waals surface area (Å²) in [6.45, 7) is 9.89. The van der Waals surface area contributed by atoms with Gasteiger partial charge in [0.25, 0.3) is 0 Å². The molecule has 2 heterocycles. The van der Waals surface area contributed by atoms with Crippen molar-refractivity contribution in [3.8, 4) is 0 Å². The second-order valence-corrected chi connectivity index (χ2v) is 5.36. The number of aromatic carboxylic acids is 1. The Morgan fingerprint density at radius 2 is 2.10 bits per heavy atom. The summed E-state index contributed by atoms with van der Waals surface area (Å²) < 4.78 is 1.71. The van der Waals surface area contributed by atoms with E-state index in [1.807, 2.05) is 13.1 Å². The van der Waals surface area contributed by atoms with Crippen LogP contribution in [0.5, 0.6) is 0 Å². The van der Waals surface area contributed by atoms with E-state index in [0.717, 1.165) is 42.8 Å². The fourth-order valence-corrected chi connectivity index (χ4v) is 2.66. The number of imidazole rings is 1. The third kappa shape index (κ3) is 2.86. The van der Waals surface area contributed by atoms with Crippen LogP contribution in [0.2, 0.25) is 0 Å². The summed E-state index contributed by atoms with van der Waals surface area (Å²) in [6, 6.07) is 2.09. The molecule has 0 unspecified atom stereocenters. The Morgan fingerprint density at radius 1 is 1.38 bits per heavy atom. The third-order valence-corrected chi connectivity index (χ3v) is 3.79. The Labute approximate surface area is 125 Å². The first-order valence-corrected chi connectivity index (χ1v) is 7.47. The van der Waals surface area contributed by atoms with E-state index in [0.29, 0.717) is 5.69 Å². The molecule has 0 atom stereocenters. The SMILES string of the molecule is CCCCN(CC)c1cc(C)c2nc(C)c(C(=O)O)n2c1. The van der Waals surface area contributed by atoms with Crippen LogP contribution >= 0.6 is 0 Å². The van der Waals surface area contributed by atoms with E-state index in [1.165, 1.54) is 0 Å². The largest absolute Gasteiger partial charge is 0.477 e. The highest BCUT2D eigenvalue weighted by atomic mass is 16.4. The van der Waals surface area contributed by atoms with Crippen LogP contribution < -0.4 is 4.90 Å². The molecular weight excluding hydrogens is 266 g/mol. The minimum atomic E-state index is -0.937. The number of hydrogen-bond donors (Lipinski definition) is 1. The second-order valence-electron chi connectivity index (χ2n) is 5.36. The fourth-order valence-electron chi connectivity index (χ4n) is 2.66. The zero-order chi connectivity index (χ0) is 15.6. The van der Waals surface area contributed by atoms with E-state index in [4.69, 9.17) is 0 Å². The minimum Gasteiger partial charge on any atom is -0.477 e. The van der Waals surface area contributed by atoms with Gasteiger partial charge in [0, 0.05) is 19.3 Å². The summed E-state index contributed by atoms with van der Waals surface area (Å²) in [5, 5.41) is 9.40. The second kappa shape index (κ2) is 6.16. The standard InChI is InChI=1S/C16H23N3O2/c1-5-7-8-18(6-2)13-9-11(3)15-17-12(4)14(16(20)21)19(15)10-13/h9-10H,5-8H2,1-4H3,(H,20,21). The lowest BCUT2D eigenvalue weighted by molar-refractivity contribution is 0.0688. The average molecular weight is 289 g/mol. The van der Waals surface area contributed by atoms with Crippen molar-refractivity contribution in [3.05, 3.63) is 29.2 Å². The van der Waals surface area contributed by atoms with Gasteiger partial charge in [-0.05, 0) is 38.8 Å². The monoisotopic (exact) mass is 289 g/mol. The predicted octanol–water partition coefficient (Wildman–Crippen LogP) is 3.28. The smallest absolute Gasteiger partial charge is 0.354 e. The van der Waals surface area contributed by atoms with E-state index in [9.17, 15) is 9.90 Å². The molecule has 0 aliphatic rings. The lowest BCUT2D eigenvalue weighted by atomic mass is 10.2. The molecule has 2 aromatic heterocycles. The number of carboxylic acids is 1. The van der Waals surface area contributed by atoms with Crippen molar-refractivity contribution in [3.63, 3.8) is 0 Å². The van der Waals surface area contributed by atoms with E-state index < -0.39 is 5.97 Å². The Kier molecular flexibility index (Phi) is 4.50. The molecular formula is C16H23N3O2. The molecule has 0 aromatic carbocycles. The van der Waals surface area contributed by atoms with Crippen LogP contribution in [-0.2, 0) is 0 Å². The van der Waals surface area contributed by atoms with Crippen LogP contribution in [0.1, 0.15) is 48.4 Å². The zero-order valence-electron chi connectivity index (χ0n) is 13.2. The molecule has 21 heavy (non-hydrogen) atoms. The fraction of sp³-hybridized carbons (Fsp3) is 0.500. The number of carboxylic acid groups (broad SMARTS) is 1. The zero-order valence-corrected chi connectivity index (χ0v) is 13.2. The van der Waals surface area contributed by atoms with Crippen molar-refractivity contribution in [2.75, 3.05) is 18.0 Å². The molecule has 5 heteroatoms. The van der Waals surface area contributed by atoms with Gasteiger partial charge in [0.1, 0.15) is 5.65 Å². The number of anilines is 1. The summed E-state index contributed by atoms with van der Waals surface area (Å²) in [5.41, 5.74) is 3.58. The molecule has 0 radical (unpaired) electrons. The highest BCUT2D eigenvalue weighted by Crippen LogP contribution is 2.23. The molecule has 0 aliphatic carbocycles. The Bertz CT molecular complexity index is 661. The maximum atomic E-state index is 11.5. The summed E-state index contributed by atoms with van der Waals surface area (Å²) in [5.74, 6) is -0.937. The average Bonchev–Trinajstić information content (AvgIpc) is 2.76. The number of aromatic nitrogens is 2. The number of aryl methyl sites for hydroxylation is 2. The first kappa shape index (κ1) is 15.4. The van der Waals surface area contributed by atoms with Crippen molar-refractivity contribution >= 4 is 17.3 Å². The van der Waals surface area contributed by atoms with Crippen molar-refractivity contribution in [1.82, 2.24) is 9.38 Å². The number of pyridine rings is 1. The van der Waals surface area contributed by atoms with Crippen LogP contribution in [0, 0.1) is 13.8 Å². The van der Waals surface area contributed by atoms with E-state index in [-0.39, 0.29) is 5.69 Å². The van der Waals surface area contributed by atoms with Gasteiger partial charge >= 0.3 is 5.97 Å². The predicted molar refractivity (Wildman–Crippen MR) is 84.4 cm³/mol. The number of carbonyl (C=O) groups is 1. The van der Waals surface area contributed by atoms with Crippen LogP contribution in [-0.4, -0.2) is 33.6 Å². The number of nitrogens with zero attached hydrogens (tertiary/aromatic N) is 3. The molecule has 0 saturated heterocycles. The molecule has 0 spiro atoms. The maximum absolute atomic E-state index is 11.5. The highest BCUT2D eigenvalue weighted by Gasteiger charge is 2.18. The normalized spacial score (nSPS) is 11.0. The Balaban J connectivity index is 2.56. The lowest BCUT2D eigenvalue weighted by Gasteiger charge is -2.23. The number of hydrogen-bond acceptors (Lipinski definition) is 3. The Morgan fingerprint density at radius 3 is 2.67 bits per heavy atom. The number of rotatable bonds is 6. The van der Waals surface area contributed by atoms with Gasteiger partial charge in [-0.3, -0.25) is 4.40 Å². The van der Waals surface area contributed by atoms with Crippen molar-refractivity contribution in [1.29, 1.82) is 0 Å². The van der Waals surface area contributed by atoms with E-state index in [2.05, 4.69) is 29.8 Å². The molecule has 0 fully saturated rings. The summed E-state index contributed by atoms with van der Waals surface area (Å²) in [6.07, 6.45) is 4.16. The van der Waals surface area contributed by atoms with Crippen LogP contribution in [0.3, 0.4) is 0 Å². The Hall–Kier alpha value is -2.04. The summed E-state index contributed by atoms with van der Waals surface area (Å²) >= 11 is 0. The van der Waals surface area contributed by atoms with Gasteiger partial charge in [0.15, 0.2) is 5.69 Å². The van der Waals surface area contributed by atoms with Gasteiger partial charge in [-0.25, -0.2) is 9.78 Å². The van der Waals surface area contributed by atoms with E-state index in [1.54, 1.807) is 11.3 Å². The van der Waals surface area contributed by atoms with Gasteiger partial charge in [-0.2, -0.15) is 0 Å². The third-order valence-electron chi connectivity index (χ3n) is 3.79. The summed E-state index contributed by atoms with van der Waals surface area (Å²) in [4.78, 5) is 18.1. The molecule has 0 saturated carbocycles. The van der Waals surface area contributed by atoms with Crippen LogP contribution in [0.15, 0.2) is 12.3 Å². The number of fused-ring (bicyclic) bond motifs is 1. The quantitative estimate of drug-likeness (QED) is 0.886. The van der Waals surface area contributed by atoms with Crippen LogP contribution in [0.4, 0.5) is 5.69 Å². The van der Waals surface area contributed by atoms with Gasteiger partial charge in [-0.1, -0.05) is 13.3 Å². The first-order valence-electron chi connectivity index (χ1n) is 7.47. The molecule has 2 rings (SSSR count). The topological polar surface area (TPSA) is 57.8 Å². The van der Waals surface area contributed by atoms with E-state index >= 15 is 0 Å². The van der Waals surface area contributed by atoms with Gasteiger partial charge < -0.3 is 10.0 Å². The molecule has 0 amide bonds. The first-order chi connectivity index (χ1) is 9.99. The molecule has 114 valence electrons. The molecule has 0 bridgehead atoms. The lowest BCUT2D eigenvalue weighted by Crippen LogP contribution is -2.24. The van der Waals surface area contributed by atoms with Gasteiger partial charge in [0.2, 0.25) is 0 Å². The molecule has 0 aliphatic heterocycles. The minimum absolute atomic E-state index is 0.251. The van der Waals surface area contributed by atoms with Gasteiger partial charge in [-0.15, -0.1) is 0 Å². The van der Waals surface area contributed by atoms with Crippen molar-refractivity contribution in [2.45, 2.75) is 40.5 Å². The highest BCUT2D eigenvalue weighted by molar-refractivity contribution is 5.88. The van der Waals surface area contributed by atoms with Gasteiger partial charge in [0.05, 0.1) is 11.4 Å². The molecule has 1 N–H and O–H groups in total. The summed E-state index contributed by atoms with van der Waals surface area (Å²) in [7, 11) is 0. The van der Waals surface area contributed by atoms with Crippen LogP contribution in [0.25, 0.3) is 5.65 Å². The molecule has 5 nitrogen and oxygen atoms in total. The maximum Gasteiger partial charge on any atom is 0.354 e.